The van der Waals surface area contributed by atoms with Gasteiger partial charge in [0.05, 0.1) is 17.7 Å². The zero-order valence-electron chi connectivity index (χ0n) is 16.3. The molecule has 1 fully saturated rings. The lowest BCUT2D eigenvalue weighted by Crippen LogP contribution is -2.42. The molecule has 4 N–H and O–H groups in total. The molecular formula is C22H28ClFN2O3. The van der Waals surface area contributed by atoms with Crippen molar-refractivity contribution in [2.75, 3.05) is 6.54 Å². The van der Waals surface area contributed by atoms with Crippen LogP contribution in [0.2, 0.25) is 0 Å². The van der Waals surface area contributed by atoms with Crippen molar-refractivity contribution in [3.63, 3.8) is 0 Å². The minimum atomic E-state index is -0.619. The number of nitrogens with one attached hydrogen (secondary N) is 1. The first-order valence-electron chi connectivity index (χ1n) is 9.82. The summed E-state index contributed by atoms with van der Waals surface area (Å²) in [6.07, 6.45) is 4.44. The van der Waals surface area contributed by atoms with Crippen LogP contribution in [0.25, 0.3) is 0 Å². The van der Waals surface area contributed by atoms with Crippen LogP contribution in [0.5, 0.6) is 11.5 Å². The van der Waals surface area contributed by atoms with E-state index >= 15 is 0 Å². The SMILES string of the molecule is Cl.NCCc1ccc(Oc2ccc(F)c(C(=O)N[C@@H]3CCCCC[C@H]3O)c2)cc1. The number of amides is 1. The Hall–Kier alpha value is -2.15. The van der Waals surface area contributed by atoms with Crippen LogP contribution in [0.1, 0.15) is 48.0 Å². The number of aliphatic hydroxyl groups is 1. The third-order valence-corrected chi connectivity index (χ3v) is 5.07. The number of carbonyl (C=O) groups excluding carboxylic acids is 1. The molecule has 0 saturated heterocycles. The average molecular weight is 423 g/mol. The van der Waals surface area contributed by atoms with Gasteiger partial charge < -0.3 is 20.9 Å². The fraction of sp³-hybridized carbons (Fsp3) is 0.409. The van der Waals surface area contributed by atoms with Crippen LogP contribution in [0.3, 0.4) is 0 Å². The second kappa shape index (κ2) is 11.1. The van der Waals surface area contributed by atoms with Gasteiger partial charge in [-0.2, -0.15) is 0 Å². The Morgan fingerprint density at radius 1 is 1.10 bits per heavy atom. The molecule has 2 aromatic carbocycles. The molecule has 0 aliphatic heterocycles. The third-order valence-electron chi connectivity index (χ3n) is 5.07. The number of ether oxygens (including phenoxy) is 1. The molecule has 3 rings (SSSR count). The van der Waals surface area contributed by atoms with Crippen LogP contribution in [0, 0.1) is 5.82 Å². The zero-order chi connectivity index (χ0) is 19.9. The number of halogens is 2. The van der Waals surface area contributed by atoms with Crippen LogP contribution < -0.4 is 15.8 Å². The summed E-state index contributed by atoms with van der Waals surface area (Å²) in [5, 5.41) is 13.0. The Balaban J connectivity index is 0.00000300. The largest absolute Gasteiger partial charge is 0.457 e. The number of nitrogens with two attached hydrogens (primary N) is 1. The number of hydrogen-bond donors (Lipinski definition) is 3. The van der Waals surface area contributed by atoms with Crippen LogP contribution in [-0.2, 0) is 6.42 Å². The fourth-order valence-corrected chi connectivity index (χ4v) is 3.47. The van der Waals surface area contributed by atoms with Gasteiger partial charge in [-0.25, -0.2) is 4.39 Å². The molecule has 0 aromatic heterocycles. The van der Waals surface area contributed by atoms with Gasteiger partial charge in [-0.1, -0.05) is 31.4 Å². The smallest absolute Gasteiger partial charge is 0.254 e. The molecule has 0 heterocycles. The second-order valence-corrected chi connectivity index (χ2v) is 7.21. The van der Waals surface area contributed by atoms with Gasteiger partial charge in [0.25, 0.3) is 5.91 Å². The minimum Gasteiger partial charge on any atom is -0.457 e. The second-order valence-electron chi connectivity index (χ2n) is 7.21. The van der Waals surface area contributed by atoms with Crippen molar-refractivity contribution < 1.29 is 19.0 Å². The molecule has 2 atom stereocenters. The van der Waals surface area contributed by atoms with E-state index in [1.165, 1.54) is 18.2 Å². The molecular weight excluding hydrogens is 395 g/mol. The molecule has 0 bridgehead atoms. The Bertz CT molecular complexity index is 801. The van der Waals surface area contributed by atoms with Crippen molar-refractivity contribution in [1.82, 2.24) is 5.32 Å². The van der Waals surface area contributed by atoms with Crippen LogP contribution in [-0.4, -0.2) is 29.7 Å². The maximum absolute atomic E-state index is 14.2. The highest BCUT2D eigenvalue weighted by Gasteiger charge is 2.25. The number of hydrogen-bond acceptors (Lipinski definition) is 4. The summed E-state index contributed by atoms with van der Waals surface area (Å²) in [5.74, 6) is -0.184. The van der Waals surface area contributed by atoms with E-state index in [0.29, 0.717) is 30.9 Å². The van der Waals surface area contributed by atoms with E-state index in [2.05, 4.69) is 5.32 Å². The molecule has 5 nitrogen and oxygen atoms in total. The molecule has 1 aliphatic rings. The maximum Gasteiger partial charge on any atom is 0.254 e. The summed E-state index contributed by atoms with van der Waals surface area (Å²) in [4.78, 5) is 12.6. The van der Waals surface area contributed by atoms with E-state index < -0.39 is 17.8 Å². The lowest BCUT2D eigenvalue weighted by Gasteiger charge is -2.22. The lowest BCUT2D eigenvalue weighted by atomic mass is 10.1. The highest BCUT2D eigenvalue weighted by atomic mass is 35.5. The Morgan fingerprint density at radius 3 is 2.52 bits per heavy atom. The monoisotopic (exact) mass is 422 g/mol. The van der Waals surface area contributed by atoms with Crippen molar-refractivity contribution in [1.29, 1.82) is 0 Å². The van der Waals surface area contributed by atoms with Crippen LogP contribution in [0.4, 0.5) is 4.39 Å². The number of rotatable bonds is 6. The van der Waals surface area contributed by atoms with Crippen molar-refractivity contribution in [3.8, 4) is 11.5 Å². The summed E-state index contributed by atoms with van der Waals surface area (Å²) in [6, 6.07) is 11.2. The van der Waals surface area contributed by atoms with Crippen molar-refractivity contribution >= 4 is 18.3 Å². The van der Waals surface area contributed by atoms with Crippen molar-refractivity contribution in [3.05, 3.63) is 59.4 Å². The Labute approximate surface area is 176 Å². The van der Waals surface area contributed by atoms with Gasteiger partial charge in [0, 0.05) is 0 Å². The molecule has 1 saturated carbocycles. The number of benzene rings is 2. The summed E-state index contributed by atoms with van der Waals surface area (Å²) < 4.78 is 20.0. The predicted octanol–water partition coefficient (Wildman–Crippen LogP) is 3.96. The Morgan fingerprint density at radius 2 is 1.79 bits per heavy atom. The molecule has 7 heteroatoms. The maximum atomic E-state index is 14.2. The van der Waals surface area contributed by atoms with Crippen LogP contribution >= 0.6 is 12.4 Å². The first-order chi connectivity index (χ1) is 13.6. The molecule has 0 unspecified atom stereocenters. The van der Waals surface area contributed by atoms with E-state index in [-0.39, 0.29) is 24.0 Å². The predicted molar refractivity (Wildman–Crippen MR) is 113 cm³/mol. The zero-order valence-corrected chi connectivity index (χ0v) is 17.1. The Kier molecular flexibility index (Phi) is 8.89. The van der Waals surface area contributed by atoms with Gasteiger partial charge in [0.15, 0.2) is 0 Å². The quantitative estimate of drug-likeness (QED) is 0.615. The summed E-state index contributed by atoms with van der Waals surface area (Å²) in [6.45, 7) is 0.576. The summed E-state index contributed by atoms with van der Waals surface area (Å²) >= 11 is 0. The molecule has 1 aliphatic carbocycles. The first-order valence-corrected chi connectivity index (χ1v) is 9.82. The molecule has 29 heavy (non-hydrogen) atoms. The van der Waals surface area contributed by atoms with E-state index in [1.807, 2.05) is 24.3 Å². The summed E-state index contributed by atoms with van der Waals surface area (Å²) in [5.41, 5.74) is 6.56. The van der Waals surface area contributed by atoms with Crippen molar-refractivity contribution in [2.24, 2.45) is 5.73 Å². The highest BCUT2D eigenvalue weighted by Crippen LogP contribution is 2.25. The van der Waals surface area contributed by atoms with Gasteiger partial charge in [-0.05, 0) is 61.7 Å². The van der Waals surface area contributed by atoms with Crippen molar-refractivity contribution in [2.45, 2.75) is 50.7 Å². The lowest BCUT2D eigenvalue weighted by molar-refractivity contribution is 0.0815. The molecule has 0 spiro atoms. The van der Waals surface area contributed by atoms with E-state index in [4.69, 9.17) is 10.5 Å². The summed E-state index contributed by atoms with van der Waals surface area (Å²) in [7, 11) is 0. The fourth-order valence-electron chi connectivity index (χ4n) is 3.47. The molecule has 2 aromatic rings. The van der Waals surface area contributed by atoms with Gasteiger partial charge in [-0.3, -0.25) is 4.79 Å². The molecule has 0 radical (unpaired) electrons. The minimum absolute atomic E-state index is 0. The van der Waals surface area contributed by atoms with Gasteiger partial charge in [0.2, 0.25) is 0 Å². The van der Waals surface area contributed by atoms with Gasteiger partial charge in [-0.15, -0.1) is 12.4 Å². The van der Waals surface area contributed by atoms with E-state index in [0.717, 1.165) is 31.2 Å². The number of carbonyl (C=O) groups is 1. The van der Waals surface area contributed by atoms with E-state index in [1.54, 1.807) is 0 Å². The molecule has 158 valence electrons. The normalized spacial score (nSPS) is 19.0. The standard InChI is InChI=1S/C22H27FN2O3.ClH/c23-19-11-10-17(28-16-8-6-15(7-9-16)12-13-24)14-18(19)22(27)25-20-4-2-1-3-5-21(20)26;/h6-11,14,20-21,26H,1-5,12-13,24H2,(H,25,27);1H/t20-,21-;/m1./s1. The topological polar surface area (TPSA) is 84.6 Å². The molecule has 1 amide bonds. The number of aliphatic hydroxyl groups excluding tert-OH is 1. The average Bonchev–Trinajstić information content (AvgIpc) is 2.89. The van der Waals surface area contributed by atoms with Gasteiger partial charge >= 0.3 is 0 Å². The highest BCUT2D eigenvalue weighted by molar-refractivity contribution is 5.95. The third kappa shape index (κ3) is 6.42. The van der Waals surface area contributed by atoms with E-state index in [9.17, 15) is 14.3 Å². The van der Waals surface area contributed by atoms with Gasteiger partial charge in [0.1, 0.15) is 17.3 Å². The first kappa shape index (κ1) is 23.1. The van der Waals surface area contributed by atoms with Crippen LogP contribution in [0.15, 0.2) is 42.5 Å².